The Bertz CT molecular complexity index is 396. The number of benzene rings is 1. The van der Waals surface area contributed by atoms with Crippen LogP contribution in [0.25, 0.3) is 10.9 Å². The average molecular weight is 213 g/mol. The lowest BCUT2D eigenvalue weighted by atomic mass is 10.2. The van der Waals surface area contributed by atoms with Gasteiger partial charge in [0.15, 0.2) is 0 Å². The van der Waals surface area contributed by atoms with Gasteiger partial charge < -0.3 is 5.11 Å². The number of rotatable bonds is 0. The molecule has 3 nitrogen and oxygen atoms in total. The molecule has 2 aromatic rings. The van der Waals surface area contributed by atoms with Crippen LogP contribution in [-0.4, -0.2) is 15.3 Å². The Kier molecular flexibility index (Phi) is 1.35. The van der Waals surface area contributed by atoms with Crippen molar-refractivity contribution in [3.63, 3.8) is 0 Å². The Morgan fingerprint density at radius 1 is 1.45 bits per heavy atom. The van der Waals surface area contributed by atoms with E-state index in [4.69, 9.17) is 5.11 Å². The van der Waals surface area contributed by atoms with Gasteiger partial charge in [-0.2, -0.15) is 5.10 Å². The standard InChI is InChI=1S/C7H5BrN2O/c8-6-1-4(11)2-7-5(6)3-9-10-7/h1-3,11H,(H,9,10). The van der Waals surface area contributed by atoms with E-state index in [-0.39, 0.29) is 5.75 Å². The maximum atomic E-state index is 9.15. The Morgan fingerprint density at radius 2 is 2.27 bits per heavy atom. The number of nitrogens with zero attached hydrogens (tertiary/aromatic N) is 1. The lowest BCUT2D eigenvalue weighted by Crippen LogP contribution is -1.70. The van der Waals surface area contributed by atoms with E-state index in [0.29, 0.717) is 0 Å². The van der Waals surface area contributed by atoms with Gasteiger partial charge in [0.25, 0.3) is 0 Å². The van der Waals surface area contributed by atoms with Gasteiger partial charge in [0, 0.05) is 15.9 Å². The second-order valence-corrected chi connectivity index (χ2v) is 3.11. The predicted molar refractivity (Wildman–Crippen MR) is 45.5 cm³/mol. The molecule has 2 rings (SSSR count). The summed E-state index contributed by atoms with van der Waals surface area (Å²) in [5.41, 5.74) is 0.830. The number of aromatic nitrogens is 2. The predicted octanol–water partition coefficient (Wildman–Crippen LogP) is 2.03. The number of halogens is 1. The minimum absolute atomic E-state index is 0.230. The van der Waals surface area contributed by atoms with Crippen molar-refractivity contribution in [2.75, 3.05) is 0 Å². The molecule has 11 heavy (non-hydrogen) atoms. The van der Waals surface area contributed by atoms with Crippen molar-refractivity contribution in [2.45, 2.75) is 0 Å². The van der Waals surface area contributed by atoms with Gasteiger partial charge in [-0.05, 0) is 22.0 Å². The molecule has 1 aromatic heterocycles. The minimum Gasteiger partial charge on any atom is -0.508 e. The zero-order valence-electron chi connectivity index (χ0n) is 5.50. The molecule has 56 valence electrons. The monoisotopic (exact) mass is 212 g/mol. The molecule has 0 atom stereocenters. The molecular weight excluding hydrogens is 208 g/mol. The molecule has 1 heterocycles. The van der Waals surface area contributed by atoms with E-state index in [1.54, 1.807) is 18.3 Å². The lowest BCUT2D eigenvalue weighted by molar-refractivity contribution is 0.475. The van der Waals surface area contributed by atoms with E-state index >= 15 is 0 Å². The molecule has 0 fully saturated rings. The highest BCUT2D eigenvalue weighted by molar-refractivity contribution is 9.10. The fourth-order valence-electron chi connectivity index (χ4n) is 0.994. The van der Waals surface area contributed by atoms with Crippen LogP contribution in [0.5, 0.6) is 5.75 Å². The summed E-state index contributed by atoms with van der Waals surface area (Å²) in [7, 11) is 0. The zero-order chi connectivity index (χ0) is 7.84. The summed E-state index contributed by atoms with van der Waals surface area (Å²) >= 11 is 3.31. The van der Waals surface area contributed by atoms with Crippen molar-refractivity contribution in [3.05, 3.63) is 22.8 Å². The van der Waals surface area contributed by atoms with Crippen molar-refractivity contribution < 1.29 is 5.11 Å². The van der Waals surface area contributed by atoms with Crippen LogP contribution in [0.2, 0.25) is 0 Å². The third-order valence-corrected chi connectivity index (χ3v) is 2.15. The van der Waals surface area contributed by atoms with Crippen molar-refractivity contribution >= 4 is 26.8 Å². The van der Waals surface area contributed by atoms with Crippen LogP contribution in [0.1, 0.15) is 0 Å². The summed E-state index contributed by atoms with van der Waals surface area (Å²) in [4.78, 5) is 0. The van der Waals surface area contributed by atoms with Gasteiger partial charge >= 0.3 is 0 Å². The normalized spacial score (nSPS) is 10.6. The van der Waals surface area contributed by atoms with Gasteiger partial charge in [-0.15, -0.1) is 0 Å². The van der Waals surface area contributed by atoms with Crippen molar-refractivity contribution in [1.29, 1.82) is 0 Å². The molecule has 0 unspecified atom stereocenters. The summed E-state index contributed by atoms with van der Waals surface area (Å²) in [6.07, 6.45) is 1.71. The van der Waals surface area contributed by atoms with E-state index in [1.165, 1.54) is 0 Å². The molecular formula is C7H5BrN2O. The van der Waals surface area contributed by atoms with Crippen LogP contribution in [0.15, 0.2) is 22.8 Å². The molecule has 4 heteroatoms. The van der Waals surface area contributed by atoms with Gasteiger partial charge in [0.1, 0.15) is 5.75 Å². The Morgan fingerprint density at radius 3 is 3.09 bits per heavy atom. The second kappa shape index (κ2) is 2.23. The highest BCUT2D eigenvalue weighted by Gasteiger charge is 2.01. The molecule has 0 bridgehead atoms. The lowest BCUT2D eigenvalue weighted by Gasteiger charge is -1.94. The Labute approximate surface area is 71.2 Å². The smallest absolute Gasteiger partial charge is 0.118 e. The minimum atomic E-state index is 0.230. The number of phenols is 1. The fourth-order valence-corrected chi connectivity index (χ4v) is 1.54. The van der Waals surface area contributed by atoms with E-state index in [0.717, 1.165) is 15.4 Å². The number of aromatic hydroxyl groups is 1. The van der Waals surface area contributed by atoms with Crippen LogP contribution < -0.4 is 0 Å². The van der Waals surface area contributed by atoms with E-state index < -0.39 is 0 Å². The molecule has 0 radical (unpaired) electrons. The maximum Gasteiger partial charge on any atom is 0.118 e. The SMILES string of the molecule is Oc1cc(Br)c2cn[nH]c2c1. The Balaban J connectivity index is 2.91. The van der Waals surface area contributed by atoms with Gasteiger partial charge in [-0.1, -0.05) is 0 Å². The molecule has 0 aliphatic heterocycles. The van der Waals surface area contributed by atoms with Crippen LogP contribution in [0.3, 0.4) is 0 Å². The summed E-state index contributed by atoms with van der Waals surface area (Å²) in [6.45, 7) is 0. The highest BCUT2D eigenvalue weighted by atomic mass is 79.9. The summed E-state index contributed by atoms with van der Waals surface area (Å²) in [5, 5.41) is 16.7. The van der Waals surface area contributed by atoms with E-state index in [9.17, 15) is 0 Å². The topological polar surface area (TPSA) is 48.9 Å². The fraction of sp³-hybridized carbons (Fsp3) is 0. The van der Waals surface area contributed by atoms with Gasteiger partial charge in [0.05, 0.1) is 11.7 Å². The van der Waals surface area contributed by atoms with Crippen molar-refractivity contribution in [3.8, 4) is 5.75 Å². The first-order chi connectivity index (χ1) is 5.27. The maximum absolute atomic E-state index is 9.15. The first kappa shape index (κ1) is 6.67. The number of phenolic OH excluding ortho intramolecular Hbond substituents is 1. The number of fused-ring (bicyclic) bond motifs is 1. The number of H-pyrrole nitrogens is 1. The molecule has 0 aliphatic rings. The molecule has 2 N–H and O–H groups in total. The third-order valence-electron chi connectivity index (χ3n) is 1.49. The third kappa shape index (κ3) is 0.991. The average Bonchev–Trinajstić information content (AvgIpc) is 2.34. The first-order valence-corrected chi connectivity index (χ1v) is 3.88. The molecule has 0 saturated carbocycles. The largest absolute Gasteiger partial charge is 0.508 e. The van der Waals surface area contributed by atoms with Crippen LogP contribution in [-0.2, 0) is 0 Å². The quantitative estimate of drug-likeness (QED) is 0.703. The summed E-state index contributed by atoms with van der Waals surface area (Å²) in [6, 6.07) is 3.27. The van der Waals surface area contributed by atoms with Crippen LogP contribution in [0, 0.1) is 0 Å². The van der Waals surface area contributed by atoms with E-state index in [1.807, 2.05) is 0 Å². The Hall–Kier alpha value is -1.03. The van der Waals surface area contributed by atoms with Crippen LogP contribution >= 0.6 is 15.9 Å². The molecule has 0 amide bonds. The second-order valence-electron chi connectivity index (χ2n) is 2.26. The first-order valence-electron chi connectivity index (χ1n) is 3.09. The molecule has 0 spiro atoms. The number of hydrogen-bond donors (Lipinski definition) is 2. The van der Waals surface area contributed by atoms with Crippen molar-refractivity contribution in [2.24, 2.45) is 0 Å². The van der Waals surface area contributed by atoms with E-state index in [2.05, 4.69) is 26.1 Å². The number of hydrogen-bond acceptors (Lipinski definition) is 2. The van der Waals surface area contributed by atoms with Crippen molar-refractivity contribution in [1.82, 2.24) is 10.2 Å². The summed E-state index contributed by atoms with van der Waals surface area (Å²) < 4.78 is 0.848. The molecule has 0 saturated heterocycles. The van der Waals surface area contributed by atoms with Crippen LogP contribution in [0.4, 0.5) is 0 Å². The highest BCUT2D eigenvalue weighted by Crippen LogP contribution is 2.26. The zero-order valence-corrected chi connectivity index (χ0v) is 7.09. The number of aromatic amines is 1. The van der Waals surface area contributed by atoms with Gasteiger partial charge in [0.2, 0.25) is 0 Å². The number of nitrogens with one attached hydrogen (secondary N) is 1. The summed E-state index contributed by atoms with van der Waals surface area (Å²) in [5.74, 6) is 0.230. The molecule has 0 aliphatic carbocycles. The van der Waals surface area contributed by atoms with Gasteiger partial charge in [-0.25, -0.2) is 0 Å². The van der Waals surface area contributed by atoms with Gasteiger partial charge in [-0.3, -0.25) is 5.10 Å². The molecule has 1 aromatic carbocycles.